The highest BCUT2D eigenvalue weighted by atomic mass is 19.4. The van der Waals surface area contributed by atoms with Gasteiger partial charge in [0.25, 0.3) is 0 Å². The first-order valence-electron chi connectivity index (χ1n) is 10.3. The molecular formula is C24H29F3N2O2. The van der Waals surface area contributed by atoms with Crippen LogP contribution < -0.4 is 10.6 Å². The number of nitrogens with one attached hydrogen (secondary N) is 2. The van der Waals surface area contributed by atoms with Crippen molar-refractivity contribution in [3.8, 4) is 0 Å². The minimum Gasteiger partial charge on any atom is -0.478 e. The molecule has 3 rings (SSSR count). The number of rotatable bonds is 6. The van der Waals surface area contributed by atoms with Crippen molar-refractivity contribution in [2.75, 3.05) is 11.9 Å². The molecule has 1 aliphatic carbocycles. The first-order chi connectivity index (χ1) is 14.3. The van der Waals surface area contributed by atoms with E-state index in [9.17, 15) is 18.0 Å². The number of carboxylic acid groups (broad SMARTS) is 1. The van der Waals surface area contributed by atoms with Crippen molar-refractivity contribution < 1.29 is 23.1 Å². The van der Waals surface area contributed by atoms with Gasteiger partial charge in [-0.15, -0.1) is 0 Å². The second kappa shape index (κ2) is 8.19. The molecule has 1 atom stereocenters. The average Bonchev–Trinajstić information content (AvgIpc) is 2.68. The van der Waals surface area contributed by atoms with E-state index in [1.165, 1.54) is 17.7 Å². The molecule has 7 heteroatoms. The summed E-state index contributed by atoms with van der Waals surface area (Å²) in [6.45, 7) is 7.58. The third-order valence-corrected chi connectivity index (χ3v) is 6.16. The summed E-state index contributed by atoms with van der Waals surface area (Å²) in [7, 11) is 0. The number of carbonyl (C=O) groups is 1. The molecule has 0 amide bonds. The van der Waals surface area contributed by atoms with E-state index < -0.39 is 24.9 Å². The Kier molecular flexibility index (Phi) is 6.11. The molecule has 0 fully saturated rings. The first kappa shape index (κ1) is 23.1. The van der Waals surface area contributed by atoms with Gasteiger partial charge >= 0.3 is 12.1 Å². The Morgan fingerprint density at radius 2 is 1.58 bits per heavy atom. The third-order valence-electron chi connectivity index (χ3n) is 6.16. The van der Waals surface area contributed by atoms with Crippen molar-refractivity contribution in [2.45, 2.75) is 63.7 Å². The van der Waals surface area contributed by atoms with Crippen LogP contribution in [0.3, 0.4) is 0 Å². The Balaban J connectivity index is 1.96. The Morgan fingerprint density at radius 1 is 1.00 bits per heavy atom. The smallest absolute Gasteiger partial charge is 0.401 e. The van der Waals surface area contributed by atoms with Gasteiger partial charge in [0.1, 0.15) is 6.17 Å². The van der Waals surface area contributed by atoms with Crippen molar-refractivity contribution in [1.29, 1.82) is 0 Å². The van der Waals surface area contributed by atoms with Crippen molar-refractivity contribution in [1.82, 2.24) is 5.32 Å². The van der Waals surface area contributed by atoms with Crippen molar-refractivity contribution in [3.05, 3.63) is 64.7 Å². The van der Waals surface area contributed by atoms with E-state index in [0.717, 1.165) is 18.4 Å². The van der Waals surface area contributed by atoms with E-state index in [4.69, 9.17) is 5.11 Å². The van der Waals surface area contributed by atoms with Gasteiger partial charge in [-0.25, -0.2) is 4.79 Å². The van der Waals surface area contributed by atoms with Crippen LogP contribution in [0.4, 0.5) is 18.9 Å². The zero-order valence-electron chi connectivity index (χ0n) is 18.2. The monoisotopic (exact) mass is 434 g/mol. The van der Waals surface area contributed by atoms with Crippen LogP contribution in [0.1, 0.15) is 73.8 Å². The molecule has 1 unspecified atom stereocenters. The Hall–Kier alpha value is -2.54. The molecule has 4 nitrogen and oxygen atoms in total. The van der Waals surface area contributed by atoms with Crippen LogP contribution in [0.5, 0.6) is 0 Å². The predicted molar refractivity (Wildman–Crippen MR) is 116 cm³/mol. The molecule has 0 spiro atoms. The molecular weight excluding hydrogens is 405 g/mol. The number of fused-ring (bicyclic) bond motifs is 1. The quantitative estimate of drug-likeness (QED) is 0.488. The maximum absolute atomic E-state index is 13.0. The number of benzene rings is 2. The number of hydrogen-bond donors (Lipinski definition) is 3. The van der Waals surface area contributed by atoms with E-state index in [1.807, 2.05) is 18.2 Å². The summed E-state index contributed by atoms with van der Waals surface area (Å²) in [5, 5.41) is 14.7. The molecule has 0 heterocycles. The minimum absolute atomic E-state index is 0.0123. The molecule has 0 radical (unpaired) electrons. The molecule has 168 valence electrons. The van der Waals surface area contributed by atoms with Crippen molar-refractivity contribution in [3.63, 3.8) is 0 Å². The fourth-order valence-electron chi connectivity index (χ4n) is 4.13. The minimum atomic E-state index is -4.36. The summed E-state index contributed by atoms with van der Waals surface area (Å²) < 4.78 is 38.9. The van der Waals surface area contributed by atoms with Gasteiger partial charge < -0.3 is 10.4 Å². The van der Waals surface area contributed by atoms with Crippen molar-refractivity contribution >= 4 is 11.7 Å². The lowest BCUT2D eigenvalue weighted by Gasteiger charge is -2.42. The fourth-order valence-corrected chi connectivity index (χ4v) is 4.13. The summed E-state index contributed by atoms with van der Waals surface area (Å²) in [6.07, 6.45) is -3.09. The second-order valence-corrected chi connectivity index (χ2v) is 9.53. The van der Waals surface area contributed by atoms with E-state index in [2.05, 4.69) is 38.3 Å². The average molecular weight is 435 g/mol. The lowest BCUT2D eigenvalue weighted by Crippen LogP contribution is -2.37. The van der Waals surface area contributed by atoms with E-state index in [1.54, 1.807) is 12.1 Å². The number of alkyl halides is 3. The van der Waals surface area contributed by atoms with Crippen LogP contribution in [0.25, 0.3) is 0 Å². The van der Waals surface area contributed by atoms with Crippen LogP contribution in [0.15, 0.2) is 42.5 Å². The third kappa shape index (κ3) is 5.39. The first-order valence-corrected chi connectivity index (χ1v) is 10.3. The molecule has 0 saturated heterocycles. The highest BCUT2D eigenvalue weighted by Gasteiger charge is 2.37. The molecule has 0 saturated carbocycles. The fraction of sp³-hybridized carbons (Fsp3) is 0.458. The molecule has 3 N–H and O–H groups in total. The van der Waals surface area contributed by atoms with Gasteiger partial charge in [-0.2, -0.15) is 13.2 Å². The van der Waals surface area contributed by atoms with Gasteiger partial charge in [0, 0.05) is 5.69 Å². The molecule has 0 bridgehead atoms. The van der Waals surface area contributed by atoms with Crippen LogP contribution in [0.2, 0.25) is 0 Å². The highest BCUT2D eigenvalue weighted by molar-refractivity contribution is 5.88. The summed E-state index contributed by atoms with van der Waals surface area (Å²) in [5.41, 5.74) is 3.67. The van der Waals surface area contributed by atoms with Gasteiger partial charge in [0.2, 0.25) is 0 Å². The number of aromatic carboxylic acids is 1. The van der Waals surface area contributed by atoms with E-state index in [-0.39, 0.29) is 16.4 Å². The number of carboxylic acids is 1. The zero-order chi connectivity index (χ0) is 23.0. The van der Waals surface area contributed by atoms with Gasteiger partial charge in [-0.1, -0.05) is 45.9 Å². The summed E-state index contributed by atoms with van der Waals surface area (Å²) >= 11 is 0. The van der Waals surface area contributed by atoms with Gasteiger partial charge in [0.15, 0.2) is 0 Å². The van der Waals surface area contributed by atoms with Crippen molar-refractivity contribution in [2.24, 2.45) is 0 Å². The van der Waals surface area contributed by atoms with Crippen LogP contribution >= 0.6 is 0 Å². The normalized spacial score (nSPS) is 18.2. The Labute approximate surface area is 180 Å². The summed E-state index contributed by atoms with van der Waals surface area (Å²) in [4.78, 5) is 11.1. The largest absolute Gasteiger partial charge is 0.478 e. The Bertz CT molecular complexity index is 950. The molecule has 2 aromatic rings. The summed E-state index contributed by atoms with van der Waals surface area (Å²) in [6, 6.07) is 11.9. The molecule has 31 heavy (non-hydrogen) atoms. The molecule has 2 aromatic carbocycles. The van der Waals surface area contributed by atoms with Crippen LogP contribution in [-0.4, -0.2) is 23.8 Å². The van der Waals surface area contributed by atoms with Gasteiger partial charge in [-0.05, 0) is 64.6 Å². The van der Waals surface area contributed by atoms with Crippen LogP contribution in [0, 0.1) is 0 Å². The summed E-state index contributed by atoms with van der Waals surface area (Å²) in [5.74, 6) is -1.06. The lowest BCUT2D eigenvalue weighted by molar-refractivity contribution is -0.125. The second-order valence-electron chi connectivity index (χ2n) is 9.53. The van der Waals surface area contributed by atoms with Gasteiger partial charge in [0.05, 0.1) is 12.1 Å². The maximum atomic E-state index is 13.0. The predicted octanol–water partition coefficient (Wildman–Crippen LogP) is 6.00. The zero-order valence-corrected chi connectivity index (χ0v) is 18.2. The number of anilines is 1. The molecule has 1 aliphatic rings. The van der Waals surface area contributed by atoms with Gasteiger partial charge in [-0.3, -0.25) is 5.32 Å². The van der Waals surface area contributed by atoms with Crippen LogP contribution in [-0.2, 0) is 10.8 Å². The van der Waals surface area contributed by atoms with E-state index >= 15 is 0 Å². The maximum Gasteiger partial charge on any atom is 0.401 e. The number of hydrogen-bond acceptors (Lipinski definition) is 3. The molecule has 0 aromatic heterocycles. The molecule has 0 aliphatic heterocycles. The standard InChI is InChI=1S/C24H29F3N2O2/c1-22(2)11-12-23(3,4)19-13-16(7-10-18(19)22)20(28-14-24(25,26)27)29-17-8-5-15(6-9-17)21(30)31/h5-10,13,20,28-29H,11-12,14H2,1-4H3,(H,30,31). The SMILES string of the molecule is CC1(C)CCC(C)(C)c2cc(C(NCC(F)(F)F)Nc3ccc(C(=O)O)cc3)ccc21. The van der Waals surface area contributed by atoms with E-state index in [0.29, 0.717) is 11.3 Å². The Morgan fingerprint density at radius 3 is 2.13 bits per heavy atom. The highest BCUT2D eigenvalue weighted by Crippen LogP contribution is 2.46. The number of halogens is 3. The lowest BCUT2D eigenvalue weighted by atomic mass is 9.63. The topological polar surface area (TPSA) is 61.4 Å².